The van der Waals surface area contributed by atoms with Crippen molar-refractivity contribution in [3.8, 4) is 5.75 Å². The summed E-state index contributed by atoms with van der Waals surface area (Å²) in [6, 6.07) is 11.1. The number of carbonyl (C=O) groups is 2. The normalized spacial score (nSPS) is 14.1. The molecular weight excluding hydrogens is 380 g/mol. The fraction of sp³-hybridized carbons (Fsp3) is 0.478. The van der Waals surface area contributed by atoms with E-state index in [4.69, 9.17) is 4.74 Å². The summed E-state index contributed by atoms with van der Waals surface area (Å²) in [5.74, 6) is 0.714. The predicted molar refractivity (Wildman–Crippen MR) is 117 cm³/mol. The zero-order valence-electron chi connectivity index (χ0n) is 18.3. The Labute approximate surface area is 178 Å². The number of benzene rings is 1. The lowest BCUT2D eigenvalue weighted by molar-refractivity contribution is -0.133. The van der Waals surface area contributed by atoms with E-state index in [1.807, 2.05) is 48.7 Å². The Kier molecular flexibility index (Phi) is 7.03. The third-order valence-electron chi connectivity index (χ3n) is 5.72. The molecule has 7 heteroatoms. The van der Waals surface area contributed by atoms with Crippen LogP contribution in [-0.2, 0) is 18.4 Å². The molecule has 0 bridgehead atoms. The maximum absolute atomic E-state index is 13.2. The first kappa shape index (κ1) is 21.7. The first-order chi connectivity index (χ1) is 14.4. The van der Waals surface area contributed by atoms with E-state index in [0.29, 0.717) is 12.2 Å². The van der Waals surface area contributed by atoms with Crippen LogP contribution >= 0.6 is 0 Å². The number of ether oxygens (including phenoxy) is 1. The van der Waals surface area contributed by atoms with Gasteiger partial charge in [0, 0.05) is 36.7 Å². The largest absolute Gasteiger partial charge is 0.497 e. The van der Waals surface area contributed by atoms with Gasteiger partial charge in [0.25, 0.3) is 0 Å². The maximum Gasteiger partial charge on any atom is 0.322 e. The molecule has 2 aromatic rings. The van der Waals surface area contributed by atoms with Crippen LogP contribution in [0.1, 0.15) is 38.8 Å². The average molecular weight is 413 g/mol. The Bertz CT molecular complexity index is 858. The second-order valence-corrected chi connectivity index (χ2v) is 7.91. The molecular formula is C23H32N4O3. The molecule has 0 saturated heterocycles. The summed E-state index contributed by atoms with van der Waals surface area (Å²) in [4.78, 5) is 29.8. The lowest BCUT2D eigenvalue weighted by atomic mass is 10.2. The second-order valence-electron chi connectivity index (χ2n) is 7.91. The monoisotopic (exact) mass is 412 g/mol. The van der Waals surface area contributed by atoms with Crippen molar-refractivity contribution in [1.82, 2.24) is 14.4 Å². The van der Waals surface area contributed by atoms with E-state index in [1.54, 1.807) is 36.3 Å². The zero-order valence-corrected chi connectivity index (χ0v) is 18.3. The number of aryl methyl sites for hydroxylation is 1. The van der Waals surface area contributed by atoms with Crippen molar-refractivity contribution in [2.75, 3.05) is 19.0 Å². The number of aromatic nitrogens is 1. The van der Waals surface area contributed by atoms with Crippen molar-refractivity contribution >= 4 is 17.6 Å². The number of nitrogens with zero attached hydrogens (tertiary/aromatic N) is 3. The fourth-order valence-corrected chi connectivity index (χ4v) is 3.40. The van der Waals surface area contributed by atoms with E-state index >= 15 is 0 Å². The predicted octanol–water partition coefficient (Wildman–Crippen LogP) is 3.86. The molecule has 3 amide bonds. The molecule has 0 spiro atoms. The van der Waals surface area contributed by atoms with E-state index in [0.717, 1.165) is 30.7 Å². The van der Waals surface area contributed by atoms with Crippen LogP contribution in [0, 0.1) is 0 Å². The lowest BCUT2D eigenvalue weighted by Crippen LogP contribution is -2.48. The van der Waals surface area contributed by atoms with Gasteiger partial charge in [0.1, 0.15) is 12.3 Å². The SMILES string of the molecule is CC[C@H](C)N(CC(=O)N(Cc1cccn1C)C1CC1)C(=O)Nc1ccc(OC)cc1. The third-order valence-corrected chi connectivity index (χ3v) is 5.72. The maximum atomic E-state index is 13.2. The van der Waals surface area contributed by atoms with Gasteiger partial charge in [-0.3, -0.25) is 4.79 Å². The van der Waals surface area contributed by atoms with E-state index in [1.165, 1.54) is 0 Å². The molecule has 0 aliphatic heterocycles. The highest BCUT2D eigenvalue weighted by Crippen LogP contribution is 2.29. The molecule has 1 aromatic heterocycles. The van der Waals surface area contributed by atoms with Gasteiger partial charge in [-0.05, 0) is 62.6 Å². The average Bonchev–Trinajstić information content (AvgIpc) is 3.51. The van der Waals surface area contributed by atoms with Gasteiger partial charge < -0.3 is 24.4 Å². The molecule has 1 fully saturated rings. The first-order valence-corrected chi connectivity index (χ1v) is 10.5. The molecule has 30 heavy (non-hydrogen) atoms. The molecule has 0 radical (unpaired) electrons. The summed E-state index contributed by atoms with van der Waals surface area (Å²) in [6.45, 7) is 4.63. The van der Waals surface area contributed by atoms with Crippen molar-refractivity contribution in [2.45, 2.75) is 51.7 Å². The number of rotatable bonds is 9. The van der Waals surface area contributed by atoms with Crippen molar-refractivity contribution in [1.29, 1.82) is 0 Å². The van der Waals surface area contributed by atoms with Crippen LogP contribution in [0.4, 0.5) is 10.5 Å². The Balaban J connectivity index is 1.69. The standard InChI is InChI=1S/C23H32N4O3/c1-5-17(2)26(23(29)24-18-8-12-21(30-4)13-9-18)16-22(28)27(19-10-11-19)15-20-7-6-14-25(20)3/h6-9,12-14,17,19H,5,10-11,15-16H2,1-4H3,(H,24,29)/t17-/m0/s1. The minimum atomic E-state index is -0.266. The Hall–Kier alpha value is -2.96. The summed E-state index contributed by atoms with van der Waals surface area (Å²) in [5, 5.41) is 2.91. The van der Waals surface area contributed by atoms with Crippen molar-refractivity contribution < 1.29 is 14.3 Å². The van der Waals surface area contributed by atoms with Gasteiger partial charge in [-0.15, -0.1) is 0 Å². The quantitative estimate of drug-likeness (QED) is 0.680. The molecule has 1 heterocycles. The lowest BCUT2D eigenvalue weighted by Gasteiger charge is -2.31. The molecule has 7 nitrogen and oxygen atoms in total. The number of carbonyl (C=O) groups excluding carboxylic acids is 2. The minimum absolute atomic E-state index is 0.0103. The van der Waals surface area contributed by atoms with E-state index < -0.39 is 0 Å². The molecule has 1 atom stereocenters. The van der Waals surface area contributed by atoms with Gasteiger partial charge in [0.15, 0.2) is 0 Å². The molecule has 162 valence electrons. The number of nitrogens with one attached hydrogen (secondary N) is 1. The van der Waals surface area contributed by atoms with Gasteiger partial charge in [-0.25, -0.2) is 4.79 Å². The zero-order chi connectivity index (χ0) is 21.7. The van der Waals surface area contributed by atoms with Crippen LogP contribution in [0.15, 0.2) is 42.6 Å². The molecule has 0 unspecified atom stereocenters. The number of urea groups is 1. The Morgan fingerprint density at radius 1 is 1.23 bits per heavy atom. The molecule has 1 saturated carbocycles. The number of methoxy groups -OCH3 is 1. The Morgan fingerprint density at radius 3 is 2.47 bits per heavy atom. The summed E-state index contributed by atoms with van der Waals surface area (Å²) < 4.78 is 7.19. The van der Waals surface area contributed by atoms with Crippen LogP contribution in [0.3, 0.4) is 0 Å². The number of hydrogen-bond acceptors (Lipinski definition) is 3. The van der Waals surface area contributed by atoms with E-state index in [9.17, 15) is 9.59 Å². The summed E-state index contributed by atoms with van der Waals surface area (Å²) >= 11 is 0. The van der Waals surface area contributed by atoms with Crippen molar-refractivity contribution in [3.63, 3.8) is 0 Å². The van der Waals surface area contributed by atoms with E-state index in [-0.39, 0.29) is 30.6 Å². The first-order valence-electron chi connectivity index (χ1n) is 10.5. The minimum Gasteiger partial charge on any atom is -0.497 e. The van der Waals surface area contributed by atoms with Gasteiger partial charge >= 0.3 is 6.03 Å². The summed E-state index contributed by atoms with van der Waals surface area (Å²) in [5.41, 5.74) is 1.76. The van der Waals surface area contributed by atoms with Crippen LogP contribution in [0.25, 0.3) is 0 Å². The second kappa shape index (κ2) is 9.69. The number of amides is 3. The molecule has 3 rings (SSSR count). The molecule has 1 aliphatic rings. The van der Waals surface area contributed by atoms with Crippen molar-refractivity contribution in [3.05, 3.63) is 48.3 Å². The van der Waals surface area contributed by atoms with Crippen LogP contribution in [-0.4, -0.2) is 52.0 Å². The molecule has 1 aliphatic carbocycles. The van der Waals surface area contributed by atoms with Gasteiger partial charge in [-0.2, -0.15) is 0 Å². The van der Waals surface area contributed by atoms with E-state index in [2.05, 4.69) is 5.32 Å². The van der Waals surface area contributed by atoms with Crippen LogP contribution in [0.5, 0.6) is 5.75 Å². The fourth-order valence-electron chi connectivity index (χ4n) is 3.40. The smallest absolute Gasteiger partial charge is 0.322 e. The number of anilines is 1. The van der Waals surface area contributed by atoms with Gasteiger partial charge in [-0.1, -0.05) is 6.92 Å². The van der Waals surface area contributed by atoms with Gasteiger partial charge in [0.05, 0.1) is 13.7 Å². The summed E-state index contributed by atoms with van der Waals surface area (Å²) in [7, 11) is 3.59. The number of hydrogen-bond donors (Lipinski definition) is 1. The highest BCUT2D eigenvalue weighted by Gasteiger charge is 2.34. The topological polar surface area (TPSA) is 66.8 Å². The highest BCUT2D eigenvalue weighted by molar-refractivity contribution is 5.92. The molecule has 1 N–H and O–H groups in total. The van der Waals surface area contributed by atoms with Crippen LogP contribution < -0.4 is 10.1 Å². The molecule has 1 aromatic carbocycles. The summed E-state index contributed by atoms with van der Waals surface area (Å²) in [6.07, 6.45) is 4.80. The van der Waals surface area contributed by atoms with Gasteiger partial charge in [0.2, 0.25) is 5.91 Å². The third kappa shape index (κ3) is 5.34. The van der Waals surface area contributed by atoms with Crippen molar-refractivity contribution in [2.24, 2.45) is 7.05 Å². The highest BCUT2D eigenvalue weighted by atomic mass is 16.5. The Morgan fingerprint density at radius 2 is 1.93 bits per heavy atom. The van der Waals surface area contributed by atoms with Crippen LogP contribution in [0.2, 0.25) is 0 Å².